The summed E-state index contributed by atoms with van der Waals surface area (Å²) < 4.78 is 31.7. The lowest BCUT2D eigenvalue weighted by atomic mass is 10.0. The molecule has 0 radical (unpaired) electrons. The third kappa shape index (κ3) is 3.43. The minimum absolute atomic E-state index is 0.00785. The molecule has 0 saturated heterocycles. The maximum atomic E-state index is 13.3. The van der Waals surface area contributed by atoms with Crippen LogP contribution in [-0.2, 0) is 10.0 Å². The van der Waals surface area contributed by atoms with E-state index in [2.05, 4.69) is 0 Å². The molecule has 1 heterocycles. The van der Waals surface area contributed by atoms with Gasteiger partial charge in [-0.2, -0.15) is 12.3 Å². The van der Waals surface area contributed by atoms with Crippen molar-refractivity contribution < 1.29 is 13.2 Å². The van der Waals surface area contributed by atoms with Crippen LogP contribution in [0.15, 0.2) is 72.5 Å². The lowest BCUT2D eigenvalue weighted by molar-refractivity contribution is 0.403. The van der Waals surface area contributed by atoms with Gasteiger partial charge >= 0.3 is 10.0 Å². The first-order valence-corrected chi connectivity index (χ1v) is 10.5. The van der Waals surface area contributed by atoms with Crippen LogP contribution < -0.4 is 14.4 Å². The number of methoxy groups -OCH3 is 1. The summed E-state index contributed by atoms with van der Waals surface area (Å²) in [6, 6.07) is 15.6. The van der Waals surface area contributed by atoms with E-state index in [-0.39, 0.29) is 16.2 Å². The molecule has 3 rings (SSSR count). The Morgan fingerprint density at radius 1 is 1.11 bits per heavy atom. The van der Waals surface area contributed by atoms with Gasteiger partial charge in [0.15, 0.2) is 11.4 Å². The van der Waals surface area contributed by atoms with Gasteiger partial charge in [0.1, 0.15) is 12.7 Å². The molecule has 0 aromatic heterocycles. The van der Waals surface area contributed by atoms with Crippen molar-refractivity contribution in [3.8, 4) is 16.9 Å². The van der Waals surface area contributed by atoms with Gasteiger partial charge < -0.3 is 10.5 Å². The molecule has 1 aliphatic rings. The quantitative estimate of drug-likeness (QED) is 0.774. The molecular formula is C21H25N2O3S+. The van der Waals surface area contributed by atoms with Crippen LogP contribution in [0.2, 0.25) is 0 Å². The van der Waals surface area contributed by atoms with Crippen molar-refractivity contribution in [3.63, 3.8) is 0 Å². The second-order valence-electron chi connectivity index (χ2n) is 6.41. The van der Waals surface area contributed by atoms with Gasteiger partial charge in [-0.25, -0.2) is 0 Å². The summed E-state index contributed by atoms with van der Waals surface area (Å²) in [5.41, 5.74) is 9.15. The standard InChI is InChI=1S/C21H25N2O3S/c1-3-27(24,25)23(13-7-8-17(15-22)16-23)20-14-19(11-12-21(20)26-2)18-9-5-4-6-10-18/h4-12,14,16H,3,13,15,22H2,1-2H3/q+1. The molecule has 1 atom stereocenters. The molecule has 1 aliphatic heterocycles. The van der Waals surface area contributed by atoms with E-state index in [4.69, 9.17) is 10.5 Å². The molecule has 27 heavy (non-hydrogen) atoms. The molecule has 0 fully saturated rings. The molecule has 2 aromatic rings. The molecule has 1 unspecified atom stereocenters. The highest BCUT2D eigenvalue weighted by molar-refractivity contribution is 7.91. The molecule has 2 aromatic carbocycles. The van der Waals surface area contributed by atoms with Crippen molar-refractivity contribution in [1.82, 2.24) is 3.89 Å². The van der Waals surface area contributed by atoms with E-state index in [0.717, 1.165) is 16.7 Å². The molecular weight excluding hydrogens is 360 g/mol. The summed E-state index contributed by atoms with van der Waals surface area (Å²) in [6.45, 7) is 2.24. The number of hydrogen-bond acceptors (Lipinski definition) is 4. The first-order valence-electron chi connectivity index (χ1n) is 8.90. The van der Waals surface area contributed by atoms with Gasteiger partial charge in [-0.15, -0.1) is 0 Å². The average Bonchev–Trinajstić information content (AvgIpc) is 2.73. The van der Waals surface area contributed by atoms with Crippen LogP contribution in [0, 0.1) is 0 Å². The van der Waals surface area contributed by atoms with Crippen LogP contribution in [-0.4, -0.2) is 34.4 Å². The Morgan fingerprint density at radius 2 is 1.85 bits per heavy atom. The molecule has 0 aliphatic carbocycles. The summed E-state index contributed by atoms with van der Waals surface area (Å²) in [7, 11) is -1.98. The molecule has 5 nitrogen and oxygen atoms in total. The third-order valence-corrected chi connectivity index (χ3v) is 7.05. The zero-order valence-electron chi connectivity index (χ0n) is 15.6. The first kappa shape index (κ1) is 19.4. The third-order valence-electron chi connectivity index (χ3n) is 4.87. The van der Waals surface area contributed by atoms with Gasteiger partial charge in [-0.05, 0) is 30.2 Å². The molecule has 0 saturated carbocycles. The predicted molar refractivity (Wildman–Crippen MR) is 111 cm³/mol. The Labute approximate surface area is 161 Å². The van der Waals surface area contributed by atoms with Gasteiger partial charge in [-0.3, -0.25) is 0 Å². The number of hydrogen-bond donors (Lipinski definition) is 1. The number of quaternary nitrogens is 1. The highest BCUT2D eigenvalue weighted by Crippen LogP contribution is 2.42. The van der Waals surface area contributed by atoms with Crippen molar-refractivity contribution in [3.05, 3.63) is 72.5 Å². The highest BCUT2D eigenvalue weighted by Gasteiger charge is 2.44. The Bertz CT molecular complexity index is 982. The zero-order chi connectivity index (χ0) is 19.5. The van der Waals surface area contributed by atoms with Crippen molar-refractivity contribution in [2.45, 2.75) is 6.92 Å². The monoisotopic (exact) mass is 385 g/mol. The van der Waals surface area contributed by atoms with Gasteiger partial charge in [0.25, 0.3) is 0 Å². The largest absolute Gasteiger partial charge is 0.491 e. The number of ether oxygens (including phenoxy) is 1. The number of benzene rings is 2. The fourth-order valence-electron chi connectivity index (χ4n) is 3.38. The average molecular weight is 386 g/mol. The fourth-order valence-corrected chi connectivity index (χ4v) is 4.90. The van der Waals surface area contributed by atoms with E-state index in [9.17, 15) is 8.42 Å². The minimum Gasteiger partial charge on any atom is -0.491 e. The number of sulfonamides is 1. The number of nitrogens with zero attached hydrogens (tertiary/aromatic N) is 1. The van der Waals surface area contributed by atoms with E-state index in [1.54, 1.807) is 20.2 Å². The summed E-state index contributed by atoms with van der Waals surface area (Å²) in [6.07, 6.45) is 5.49. The van der Waals surface area contributed by atoms with Crippen LogP contribution in [0.3, 0.4) is 0 Å². The SMILES string of the molecule is CCS(=O)(=O)[N+]1(c2cc(-c3ccccc3)ccc2OC)C=C(CN)C=CC1. The Hall–Kier alpha value is -2.41. The molecule has 142 valence electrons. The first-order chi connectivity index (χ1) is 13.0. The highest BCUT2D eigenvalue weighted by atomic mass is 32.2. The smallest absolute Gasteiger partial charge is 0.306 e. The maximum absolute atomic E-state index is 13.3. The van der Waals surface area contributed by atoms with Crippen molar-refractivity contribution in [1.29, 1.82) is 0 Å². The van der Waals surface area contributed by atoms with Gasteiger partial charge in [0, 0.05) is 18.2 Å². The number of nitrogens with two attached hydrogens (primary N) is 1. The van der Waals surface area contributed by atoms with Crippen LogP contribution in [0.1, 0.15) is 6.92 Å². The van der Waals surface area contributed by atoms with Crippen LogP contribution in [0.25, 0.3) is 11.1 Å². The summed E-state index contributed by atoms with van der Waals surface area (Å²) in [5.74, 6) is 0.545. The predicted octanol–water partition coefficient (Wildman–Crippen LogP) is 3.43. The van der Waals surface area contributed by atoms with E-state index >= 15 is 0 Å². The molecule has 2 N–H and O–H groups in total. The lowest BCUT2D eigenvalue weighted by Crippen LogP contribution is -2.52. The van der Waals surface area contributed by atoms with Crippen molar-refractivity contribution >= 4 is 15.7 Å². The van der Waals surface area contributed by atoms with Gasteiger partial charge in [0.05, 0.1) is 12.9 Å². The van der Waals surface area contributed by atoms with Crippen LogP contribution in [0.5, 0.6) is 5.75 Å². The van der Waals surface area contributed by atoms with E-state index in [0.29, 0.717) is 18.0 Å². The van der Waals surface area contributed by atoms with Gasteiger partial charge in [-0.1, -0.05) is 42.5 Å². The lowest BCUT2D eigenvalue weighted by Gasteiger charge is -2.35. The summed E-state index contributed by atoms with van der Waals surface area (Å²) in [4.78, 5) is 0. The second kappa shape index (κ2) is 7.68. The number of rotatable bonds is 6. The second-order valence-corrected chi connectivity index (χ2v) is 8.80. The van der Waals surface area contributed by atoms with Crippen molar-refractivity contribution in [2.24, 2.45) is 5.73 Å². The summed E-state index contributed by atoms with van der Waals surface area (Å²) in [5, 5.41) is 0. The molecule has 6 heteroatoms. The van der Waals surface area contributed by atoms with E-state index in [1.165, 1.54) is 0 Å². The fraction of sp³-hybridized carbons (Fsp3) is 0.238. The summed E-state index contributed by atoms with van der Waals surface area (Å²) >= 11 is 0. The van der Waals surface area contributed by atoms with Gasteiger partial charge in [0.2, 0.25) is 0 Å². The minimum atomic E-state index is -3.54. The maximum Gasteiger partial charge on any atom is 0.306 e. The zero-order valence-corrected chi connectivity index (χ0v) is 16.4. The molecule has 0 bridgehead atoms. The van der Waals surface area contributed by atoms with E-state index in [1.807, 2.05) is 60.7 Å². The van der Waals surface area contributed by atoms with Crippen LogP contribution >= 0.6 is 0 Å². The molecule has 0 amide bonds. The van der Waals surface area contributed by atoms with E-state index < -0.39 is 10.0 Å². The Kier molecular flexibility index (Phi) is 5.51. The topological polar surface area (TPSA) is 69.4 Å². The Morgan fingerprint density at radius 3 is 2.48 bits per heavy atom. The van der Waals surface area contributed by atoms with Crippen molar-refractivity contribution in [2.75, 3.05) is 26.0 Å². The van der Waals surface area contributed by atoms with Crippen LogP contribution in [0.4, 0.5) is 5.69 Å². The molecule has 0 spiro atoms. The normalized spacial score (nSPS) is 19.6. The Balaban J connectivity index is 2.30.